The van der Waals surface area contributed by atoms with Crippen LogP contribution in [-0.4, -0.2) is 50.6 Å². The number of nitrogens with zero attached hydrogens (tertiary/aromatic N) is 3. The average molecular weight is 516 g/mol. The van der Waals surface area contributed by atoms with E-state index in [4.69, 9.17) is 13.9 Å². The molecule has 0 saturated carbocycles. The predicted molar refractivity (Wildman–Crippen MR) is 132 cm³/mol. The monoisotopic (exact) mass is 515 g/mol. The number of aliphatic hydroxyl groups excluding tert-OH is 1. The molecule has 0 amide bonds. The van der Waals surface area contributed by atoms with Gasteiger partial charge in [0.1, 0.15) is 28.5 Å². The highest BCUT2D eigenvalue weighted by atomic mass is 32.1. The first-order valence-corrected chi connectivity index (χ1v) is 11.8. The van der Waals surface area contributed by atoms with Crippen LogP contribution in [0.5, 0.6) is 5.75 Å². The first-order chi connectivity index (χ1) is 17.2. The summed E-state index contributed by atoms with van der Waals surface area (Å²) in [6, 6.07) is 8.61. The molecular formula is C24H25N3O8S. The summed E-state index contributed by atoms with van der Waals surface area (Å²) < 4.78 is 18.8. The lowest BCUT2D eigenvalue weighted by Crippen LogP contribution is -2.52. The zero-order valence-corrected chi connectivity index (χ0v) is 20.7. The molecule has 190 valence electrons. The summed E-state index contributed by atoms with van der Waals surface area (Å²) in [6.07, 6.45) is 2.08. The van der Waals surface area contributed by atoms with E-state index in [1.165, 1.54) is 44.1 Å². The van der Waals surface area contributed by atoms with Gasteiger partial charge in [0, 0.05) is 5.56 Å². The van der Waals surface area contributed by atoms with Crippen molar-refractivity contribution in [2.24, 2.45) is 0 Å². The second-order valence-electron chi connectivity index (χ2n) is 8.39. The molecule has 0 bridgehead atoms. The molecule has 0 aliphatic carbocycles. The summed E-state index contributed by atoms with van der Waals surface area (Å²) in [4.78, 5) is 44.1. The van der Waals surface area contributed by atoms with Gasteiger partial charge in [-0.1, -0.05) is 18.2 Å². The van der Waals surface area contributed by atoms with E-state index >= 15 is 0 Å². The van der Waals surface area contributed by atoms with Crippen molar-refractivity contribution in [1.29, 1.82) is 0 Å². The number of benzene rings is 1. The van der Waals surface area contributed by atoms with Crippen molar-refractivity contribution in [3.05, 3.63) is 69.2 Å². The van der Waals surface area contributed by atoms with Gasteiger partial charge in [0.25, 0.3) is 5.56 Å². The molecule has 0 aliphatic heterocycles. The molecule has 0 radical (unpaired) electrons. The Morgan fingerprint density at radius 3 is 2.67 bits per heavy atom. The Morgan fingerprint density at radius 2 is 2.03 bits per heavy atom. The molecule has 2 N–H and O–H groups in total. The lowest BCUT2D eigenvalue weighted by Gasteiger charge is -2.25. The van der Waals surface area contributed by atoms with Crippen LogP contribution in [0.25, 0.3) is 21.0 Å². The molecule has 0 fully saturated rings. The van der Waals surface area contributed by atoms with Crippen LogP contribution in [0.15, 0.2) is 56.8 Å². The van der Waals surface area contributed by atoms with E-state index in [9.17, 15) is 24.6 Å². The second-order valence-corrected chi connectivity index (χ2v) is 9.42. The summed E-state index contributed by atoms with van der Waals surface area (Å²) in [5.74, 6) is -0.569. The zero-order valence-electron chi connectivity index (χ0n) is 19.8. The molecule has 0 saturated heterocycles. The van der Waals surface area contributed by atoms with Crippen LogP contribution in [0.2, 0.25) is 0 Å². The van der Waals surface area contributed by atoms with Gasteiger partial charge in [-0.15, -0.1) is 11.3 Å². The van der Waals surface area contributed by atoms with Crippen molar-refractivity contribution < 1.29 is 28.9 Å². The smallest absolute Gasteiger partial charge is 0.333 e. The minimum atomic E-state index is -1.83. The maximum absolute atomic E-state index is 13.7. The summed E-state index contributed by atoms with van der Waals surface area (Å²) in [5.41, 5.74) is -2.76. The van der Waals surface area contributed by atoms with Gasteiger partial charge in [0.15, 0.2) is 0 Å². The van der Waals surface area contributed by atoms with Crippen LogP contribution < -0.4 is 16.0 Å². The largest absolute Gasteiger partial charge is 0.496 e. The number of thiophene rings is 1. The number of methoxy groups -OCH3 is 1. The van der Waals surface area contributed by atoms with E-state index in [0.717, 1.165) is 15.9 Å². The van der Waals surface area contributed by atoms with Gasteiger partial charge >= 0.3 is 11.7 Å². The van der Waals surface area contributed by atoms with E-state index in [2.05, 4.69) is 4.98 Å². The molecule has 3 aromatic heterocycles. The molecule has 0 spiro atoms. The normalized spacial score (nSPS) is 12.7. The van der Waals surface area contributed by atoms with Crippen molar-refractivity contribution in [2.75, 3.05) is 20.3 Å². The van der Waals surface area contributed by atoms with Crippen LogP contribution in [0, 0.1) is 0 Å². The maximum atomic E-state index is 13.7. The third-order valence-electron chi connectivity index (χ3n) is 5.78. The molecule has 4 aromatic rings. The zero-order chi connectivity index (χ0) is 26.0. The number of fused-ring (bicyclic) bond motifs is 1. The number of carboxylic acids is 1. The Bertz CT molecular complexity index is 1500. The minimum Gasteiger partial charge on any atom is -0.496 e. The first kappa shape index (κ1) is 25.4. The van der Waals surface area contributed by atoms with Gasteiger partial charge in [0.2, 0.25) is 5.89 Å². The quantitative estimate of drug-likeness (QED) is 0.325. The number of aromatic nitrogens is 3. The number of aliphatic carboxylic acids is 1. The number of carboxylic acid groups (broad SMARTS) is 1. The molecular weight excluding hydrogens is 490 g/mol. The Morgan fingerprint density at radius 1 is 1.28 bits per heavy atom. The summed E-state index contributed by atoms with van der Waals surface area (Å²) >= 11 is 1.12. The topological polar surface area (TPSA) is 146 Å². The van der Waals surface area contributed by atoms with Crippen molar-refractivity contribution >= 4 is 27.5 Å². The number of hydrogen-bond donors (Lipinski definition) is 2. The molecule has 11 nitrogen and oxygen atoms in total. The van der Waals surface area contributed by atoms with Crippen LogP contribution in [0.3, 0.4) is 0 Å². The Hall–Kier alpha value is -3.74. The van der Waals surface area contributed by atoms with Crippen LogP contribution in [-0.2, 0) is 21.6 Å². The number of hydrogen-bond acceptors (Lipinski definition) is 9. The maximum Gasteiger partial charge on any atom is 0.333 e. The van der Waals surface area contributed by atoms with E-state index < -0.39 is 28.9 Å². The van der Waals surface area contributed by atoms with Gasteiger partial charge in [-0.25, -0.2) is 19.1 Å². The highest BCUT2D eigenvalue weighted by molar-refractivity contribution is 7.21. The van der Waals surface area contributed by atoms with E-state index in [-0.39, 0.29) is 31.0 Å². The lowest BCUT2D eigenvalue weighted by molar-refractivity contribution is -0.146. The predicted octanol–water partition coefficient (Wildman–Crippen LogP) is 2.46. The Labute approximate surface area is 208 Å². The summed E-state index contributed by atoms with van der Waals surface area (Å²) in [6.45, 7) is 2.21. The van der Waals surface area contributed by atoms with E-state index in [1.807, 2.05) is 0 Å². The van der Waals surface area contributed by atoms with Crippen molar-refractivity contribution in [3.8, 4) is 16.5 Å². The van der Waals surface area contributed by atoms with E-state index in [0.29, 0.717) is 21.0 Å². The lowest BCUT2D eigenvalue weighted by atomic mass is 10.1. The number of aliphatic hydroxyl groups is 1. The molecule has 3 heterocycles. The van der Waals surface area contributed by atoms with Gasteiger partial charge < -0.3 is 24.1 Å². The van der Waals surface area contributed by atoms with Gasteiger partial charge in [0.05, 0.1) is 43.3 Å². The third kappa shape index (κ3) is 4.45. The average Bonchev–Trinajstić information content (AvgIpc) is 3.54. The molecule has 0 aliphatic rings. The second kappa shape index (κ2) is 10.1. The fourth-order valence-corrected chi connectivity index (χ4v) is 4.98. The molecule has 1 atom stereocenters. The molecule has 1 aromatic carbocycles. The van der Waals surface area contributed by atoms with Crippen molar-refractivity contribution in [2.45, 2.75) is 32.0 Å². The fraction of sp³-hybridized carbons (Fsp3) is 0.333. The molecule has 4 rings (SSSR count). The third-order valence-corrected chi connectivity index (χ3v) is 6.93. The molecule has 1 unspecified atom stereocenters. The molecule has 12 heteroatoms. The van der Waals surface area contributed by atoms with Gasteiger partial charge in [-0.05, 0) is 26.0 Å². The number of para-hydroxylation sites is 1. The summed E-state index contributed by atoms with van der Waals surface area (Å²) in [7, 11) is 1.50. The number of oxazole rings is 1. The van der Waals surface area contributed by atoms with Crippen LogP contribution in [0.4, 0.5) is 0 Å². The Kier molecular flexibility index (Phi) is 7.11. The number of carbonyl (C=O) groups is 1. The fourth-order valence-electron chi connectivity index (χ4n) is 3.88. The van der Waals surface area contributed by atoms with Crippen LogP contribution >= 0.6 is 11.3 Å². The number of ether oxygens (including phenoxy) is 2. The van der Waals surface area contributed by atoms with Crippen molar-refractivity contribution in [1.82, 2.24) is 14.1 Å². The van der Waals surface area contributed by atoms with Crippen molar-refractivity contribution in [3.63, 3.8) is 0 Å². The SMILES string of the molecule is COc1ccccc1C(Cn1c(=O)n(C(C)(C)C(=O)O)c(=O)c2cc(-c3ncco3)sc21)OCCO. The van der Waals surface area contributed by atoms with Gasteiger partial charge in [-0.2, -0.15) is 0 Å². The standard InChI is InChI=1S/C24H25N3O8S/c1-24(2,22(30)31)27-20(29)15-12-18(19-25-8-10-35-19)36-21(15)26(23(27)32)13-17(34-11-9-28)14-6-4-5-7-16(14)33-3/h4-8,10,12,17,28H,9,11,13H2,1-3H3,(H,30,31). The van der Waals surface area contributed by atoms with E-state index in [1.54, 1.807) is 24.3 Å². The van der Waals surface area contributed by atoms with Gasteiger partial charge in [-0.3, -0.25) is 9.36 Å². The minimum absolute atomic E-state index is 0.0210. The highest BCUT2D eigenvalue weighted by Gasteiger charge is 2.35. The summed E-state index contributed by atoms with van der Waals surface area (Å²) in [5, 5.41) is 19.3. The van der Waals surface area contributed by atoms with Crippen LogP contribution in [0.1, 0.15) is 25.5 Å². The number of rotatable bonds is 10. The first-order valence-electron chi connectivity index (χ1n) is 11.0. The Balaban J connectivity index is 1.99. The molecule has 36 heavy (non-hydrogen) atoms. The highest BCUT2D eigenvalue weighted by Crippen LogP contribution is 2.33.